The summed E-state index contributed by atoms with van der Waals surface area (Å²) in [5.41, 5.74) is 0. The molecule has 0 saturated heterocycles. The SMILES string of the molecule is COCOc1cc(Cl)c(Br)cc1OC. The normalized spacial score (nSPS) is 10.0. The van der Waals surface area contributed by atoms with Gasteiger partial charge in [-0.1, -0.05) is 11.6 Å². The van der Waals surface area contributed by atoms with Crippen LogP contribution in [0.2, 0.25) is 5.02 Å². The molecule has 1 aromatic carbocycles. The number of hydrogen-bond donors (Lipinski definition) is 0. The zero-order valence-corrected chi connectivity index (χ0v) is 10.2. The smallest absolute Gasteiger partial charge is 0.188 e. The van der Waals surface area contributed by atoms with Crippen molar-refractivity contribution in [3.8, 4) is 11.5 Å². The van der Waals surface area contributed by atoms with Gasteiger partial charge in [0.05, 0.1) is 12.1 Å². The minimum Gasteiger partial charge on any atom is -0.493 e. The summed E-state index contributed by atoms with van der Waals surface area (Å²) in [6.07, 6.45) is 0. The molecule has 0 radical (unpaired) electrons. The molecule has 0 N–H and O–H groups in total. The molecule has 1 rings (SSSR count). The van der Waals surface area contributed by atoms with Gasteiger partial charge >= 0.3 is 0 Å². The second-order valence-corrected chi connectivity index (χ2v) is 3.73. The third kappa shape index (κ3) is 2.77. The molecule has 78 valence electrons. The van der Waals surface area contributed by atoms with Crippen molar-refractivity contribution in [1.82, 2.24) is 0 Å². The van der Waals surface area contributed by atoms with Crippen LogP contribution in [0.15, 0.2) is 16.6 Å². The Kier molecular flexibility index (Phi) is 4.51. The van der Waals surface area contributed by atoms with Crippen molar-refractivity contribution in [2.45, 2.75) is 0 Å². The van der Waals surface area contributed by atoms with Crippen molar-refractivity contribution in [3.63, 3.8) is 0 Å². The fourth-order valence-corrected chi connectivity index (χ4v) is 1.38. The molecule has 3 nitrogen and oxygen atoms in total. The van der Waals surface area contributed by atoms with Crippen molar-refractivity contribution in [3.05, 3.63) is 21.6 Å². The largest absolute Gasteiger partial charge is 0.493 e. The van der Waals surface area contributed by atoms with E-state index in [1.165, 1.54) is 0 Å². The molecule has 0 unspecified atom stereocenters. The molecule has 0 aliphatic carbocycles. The van der Waals surface area contributed by atoms with Crippen LogP contribution < -0.4 is 9.47 Å². The molecule has 0 spiro atoms. The van der Waals surface area contributed by atoms with Gasteiger partial charge in [0.25, 0.3) is 0 Å². The molecule has 0 amide bonds. The predicted octanol–water partition coefficient (Wildman–Crippen LogP) is 3.09. The van der Waals surface area contributed by atoms with Gasteiger partial charge in [-0.15, -0.1) is 0 Å². The molecule has 0 bridgehead atoms. The highest BCUT2D eigenvalue weighted by Gasteiger charge is 2.08. The number of methoxy groups -OCH3 is 2. The van der Waals surface area contributed by atoms with Crippen molar-refractivity contribution >= 4 is 27.5 Å². The van der Waals surface area contributed by atoms with Gasteiger partial charge in [0.1, 0.15) is 0 Å². The van der Waals surface area contributed by atoms with Gasteiger partial charge in [0.2, 0.25) is 0 Å². The molecule has 0 fully saturated rings. The van der Waals surface area contributed by atoms with Gasteiger partial charge < -0.3 is 14.2 Å². The lowest BCUT2D eigenvalue weighted by molar-refractivity contribution is 0.0491. The number of halogens is 2. The topological polar surface area (TPSA) is 27.7 Å². The van der Waals surface area contributed by atoms with Gasteiger partial charge in [0.15, 0.2) is 18.3 Å². The Morgan fingerprint density at radius 3 is 2.57 bits per heavy atom. The van der Waals surface area contributed by atoms with E-state index in [2.05, 4.69) is 15.9 Å². The summed E-state index contributed by atoms with van der Waals surface area (Å²) in [4.78, 5) is 0. The van der Waals surface area contributed by atoms with Crippen molar-refractivity contribution < 1.29 is 14.2 Å². The first-order valence-electron chi connectivity index (χ1n) is 3.83. The molecular formula is C9H10BrClO3. The second-order valence-electron chi connectivity index (χ2n) is 2.47. The molecule has 1 aromatic rings. The van der Waals surface area contributed by atoms with Crippen LogP contribution in [-0.4, -0.2) is 21.0 Å². The van der Waals surface area contributed by atoms with Crippen LogP contribution in [-0.2, 0) is 4.74 Å². The van der Waals surface area contributed by atoms with Gasteiger partial charge in [-0.3, -0.25) is 0 Å². The fourth-order valence-electron chi connectivity index (χ4n) is 0.905. The van der Waals surface area contributed by atoms with Gasteiger partial charge in [-0.2, -0.15) is 0 Å². The molecule has 0 heterocycles. The van der Waals surface area contributed by atoms with Crippen LogP contribution in [0.5, 0.6) is 11.5 Å². The summed E-state index contributed by atoms with van der Waals surface area (Å²) in [5, 5.41) is 0.567. The molecule has 0 aromatic heterocycles. The molecule has 14 heavy (non-hydrogen) atoms. The Bertz CT molecular complexity index is 317. The van der Waals surface area contributed by atoms with E-state index in [9.17, 15) is 0 Å². The maximum absolute atomic E-state index is 5.90. The monoisotopic (exact) mass is 280 g/mol. The van der Waals surface area contributed by atoms with Crippen LogP contribution in [0.25, 0.3) is 0 Å². The zero-order valence-electron chi connectivity index (χ0n) is 7.84. The van der Waals surface area contributed by atoms with E-state index in [-0.39, 0.29) is 6.79 Å². The second kappa shape index (κ2) is 5.44. The number of hydrogen-bond acceptors (Lipinski definition) is 3. The minimum atomic E-state index is 0.161. The standard InChI is InChI=1S/C9H10BrClO3/c1-12-5-14-9-4-7(11)6(10)3-8(9)13-2/h3-4H,5H2,1-2H3. The number of benzene rings is 1. The summed E-state index contributed by atoms with van der Waals surface area (Å²) < 4.78 is 15.9. The average Bonchev–Trinajstić information content (AvgIpc) is 2.19. The summed E-state index contributed by atoms with van der Waals surface area (Å²) in [6, 6.07) is 3.41. The lowest BCUT2D eigenvalue weighted by Gasteiger charge is -2.10. The highest BCUT2D eigenvalue weighted by molar-refractivity contribution is 9.10. The van der Waals surface area contributed by atoms with Gasteiger partial charge in [-0.25, -0.2) is 0 Å². The first kappa shape index (κ1) is 11.6. The highest BCUT2D eigenvalue weighted by atomic mass is 79.9. The Balaban J connectivity index is 2.95. The van der Waals surface area contributed by atoms with Crippen molar-refractivity contribution in [2.24, 2.45) is 0 Å². The first-order chi connectivity index (χ1) is 6.69. The highest BCUT2D eigenvalue weighted by Crippen LogP contribution is 2.35. The molecule has 0 saturated carbocycles. The number of ether oxygens (including phenoxy) is 3. The fraction of sp³-hybridized carbons (Fsp3) is 0.333. The Labute approximate surface area is 96.0 Å². The Morgan fingerprint density at radius 1 is 1.29 bits per heavy atom. The lowest BCUT2D eigenvalue weighted by atomic mass is 10.3. The minimum absolute atomic E-state index is 0.161. The van der Waals surface area contributed by atoms with Crippen LogP contribution >= 0.6 is 27.5 Å². The van der Waals surface area contributed by atoms with Crippen LogP contribution in [0.4, 0.5) is 0 Å². The van der Waals surface area contributed by atoms with Crippen molar-refractivity contribution in [1.29, 1.82) is 0 Å². The van der Waals surface area contributed by atoms with E-state index in [0.717, 1.165) is 4.47 Å². The van der Waals surface area contributed by atoms with Gasteiger partial charge in [0, 0.05) is 17.6 Å². The van der Waals surface area contributed by atoms with E-state index >= 15 is 0 Å². The summed E-state index contributed by atoms with van der Waals surface area (Å²) in [7, 11) is 3.11. The summed E-state index contributed by atoms with van der Waals surface area (Å²) in [6.45, 7) is 0.161. The maximum atomic E-state index is 5.90. The molecule has 5 heteroatoms. The average molecular weight is 282 g/mol. The van der Waals surface area contributed by atoms with E-state index < -0.39 is 0 Å². The first-order valence-corrected chi connectivity index (χ1v) is 5.01. The van der Waals surface area contributed by atoms with E-state index in [0.29, 0.717) is 16.5 Å². The predicted molar refractivity (Wildman–Crippen MR) is 58.2 cm³/mol. The zero-order chi connectivity index (χ0) is 10.6. The lowest BCUT2D eigenvalue weighted by Crippen LogP contribution is -2.00. The van der Waals surface area contributed by atoms with Crippen LogP contribution in [0.1, 0.15) is 0 Å². The van der Waals surface area contributed by atoms with Gasteiger partial charge in [-0.05, 0) is 22.0 Å². The third-order valence-electron chi connectivity index (χ3n) is 1.54. The summed E-state index contributed by atoms with van der Waals surface area (Å²) in [5.74, 6) is 1.17. The quantitative estimate of drug-likeness (QED) is 0.794. The van der Waals surface area contributed by atoms with E-state index in [1.807, 2.05) is 0 Å². The van der Waals surface area contributed by atoms with Crippen LogP contribution in [0.3, 0.4) is 0 Å². The molecule has 0 atom stereocenters. The molecular weight excluding hydrogens is 271 g/mol. The number of rotatable bonds is 4. The Hall–Kier alpha value is -0.450. The van der Waals surface area contributed by atoms with E-state index in [1.54, 1.807) is 26.4 Å². The molecule has 0 aliphatic rings. The maximum Gasteiger partial charge on any atom is 0.188 e. The van der Waals surface area contributed by atoms with E-state index in [4.69, 9.17) is 25.8 Å². The summed E-state index contributed by atoms with van der Waals surface area (Å²) >= 11 is 9.19. The van der Waals surface area contributed by atoms with Crippen LogP contribution in [0, 0.1) is 0 Å². The third-order valence-corrected chi connectivity index (χ3v) is 2.74. The van der Waals surface area contributed by atoms with Crippen molar-refractivity contribution in [2.75, 3.05) is 21.0 Å². The molecule has 0 aliphatic heterocycles. The Morgan fingerprint density at radius 2 is 2.00 bits per heavy atom.